The van der Waals surface area contributed by atoms with Gasteiger partial charge in [-0.3, -0.25) is 4.79 Å². The highest BCUT2D eigenvalue weighted by molar-refractivity contribution is 7.12. The number of hydrogen-bond donors (Lipinski definition) is 2. The first-order chi connectivity index (χ1) is 12.5. The van der Waals surface area contributed by atoms with E-state index in [0.717, 1.165) is 10.7 Å². The van der Waals surface area contributed by atoms with Gasteiger partial charge >= 0.3 is 5.97 Å². The summed E-state index contributed by atoms with van der Waals surface area (Å²) in [6.07, 6.45) is 2.21. The van der Waals surface area contributed by atoms with E-state index in [4.69, 9.17) is 5.73 Å². The van der Waals surface area contributed by atoms with Crippen LogP contribution in [0.5, 0.6) is 0 Å². The second kappa shape index (κ2) is 7.18. The molecule has 9 nitrogen and oxygen atoms in total. The number of carboxylic acid groups (broad SMARTS) is 1. The second-order valence-electron chi connectivity index (χ2n) is 5.87. The van der Waals surface area contributed by atoms with Crippen LogP contribution >= 0.6 is 23.7 Å². The zero-order valence-electron chi connectivity index (χ0n) is 13.7. The lowest BCUT2D eigenvalue weighted by molar-refractivity contribution is 0.0687. The van der Waals surface area contributed by atoms with Crippen LogP contribution in [-0.2, 0) is 0 Å². The predicted octanol–water partition coefficient (Wildman–Crippen LogP) is 1.03. The number of anilines is 1. The summed E-state index contributed by atoms with van der Waals surface area (Å²) in [5, 5.41) is 14.9. The van der Waals surface area contributed by atoms with E-state index in [1.165, 1.54) is 17.5 Å². The molecule has 142 valence electrons. The van der Waals surface area contributed by atoms with Crippen LogP contribution in [0.4, 0.5) is 10.2 Å². The smallest absolute Gasteiger partial charge is 0.360 e. The average Bonchev–Trinajstić information content (AvgIpc) is 3.26. The second-order valence-corrected chi connectivity index (χ2v) is 6.74. The molecule has 1 aliphatic rings. The van der Waals surface area contributed by atoms with Crippen LogP contribution in [0.25, 0.3) is 16.2 Å². The molecule has 0 bridgehead atoms. The monoisotopic (exact) mass is 412 g/mol. The highest BCUT2D eigenvalue weighted by atomic mass is 35.5. The maximum absolute atomic E-state index is 14.6. The number of nitrogens with two attached hydrogens (primary N) is 1. The van der Waals surface area contributed by atoms with E-state index in [1.807, 2.05) is 0 Å². The van der Waals surface area contributed by atoms with Crippen molar-refractivity contribution in [3.8, 4) is 5.13 Å². The van der Waals surface area contributed by atoms with Gasteiger partial charge in [-0.2, -0.15) is 9.78 Å². The van der Waals surface area contributed by atoms with Gasteiger partial charge < -0.3 is 15.7 Å². The van der Waals surface area contributed by atoms with E-state index in [2.05, 4.69) is 15.1 Å². The van der Waals surface area contributed by atoms with Crippen molar-refractivity contribution in [3.63, 3.8) is 0 Å². The molecule has 4 rings (SSSR count). The maximum Gasteiger partial charge on any atom is 0.360 e. The Labute approximate surface area is 161 Å². The van der Waals surface area contributed by atoms with Crippen molar-refractivity contribution in [1.82, 2.24) is 19.7 Å². The molecule has 3 aromatic rings. The summed E-state index contributed by atoms with van der Waals surface area (Å²) < 4.78 is 15.8. The highest BCUT2D eigenvalue weighted by Gasteiger charge is 2.26. The van der Waals surface area contributed by atoms with E-state index in [9.17, 15) is 19.1 Å². The summed E-state index contributed by atoms with van der Waals surface area (Å²) in [7, 11) is 0. The van der Waals surface area contributed by atoms with Gasteiger partial charge in [-0.25, -0.2) is 19.2 Å². The molecular weight excluding hydrogens is 399 g/mol. The van der Waals surface area contributed by atoms with Crippen LogP contribution in [0.1, 0.15) is 16.9 Å². The lowest BCUT2D eigenvalue weighted by Crippen LogP contribution is -2.28. The van der Waals surface area contributed by atoms with Gasteiger partial charge in [0.2, 0.25) is 16.3 Å². The number of fused-ring (bicyclic) bond motifs is 1. The third-order valence-corrected chi connectivity index (χ3v) is 4.87. The number of thiazole rings is 1. The quantitative estimate of drug-likeness (QED) is 0.653. The molecule has 3 N–H and O–H groups in total. The van der Waals surface area contributed by atoms with Crippen molar-refractivity contribution in [3.05, 3.63) is 39.4 Å². The molecule has 4 heterocycles. The van der Waals surface area contributed by atoms with Crippen LogP contribution in [0.15, 0.2) is 22.4 Å². The number of aromatic nitrogens is 4. The van der Waals surface area contributed by atoms with Gasteiger partial charge in [0.15, 0.2) is 17.3 Å². The fraction of sp³-hybridized carbons (Fsp3) is 0.267. The Morgan fingerprint density at radius 1 is 1.44 bits per heavy atom. The number of carbonyl (C=O) groups is 1. The van der Waals surface area contributed by atoms with Crippen LogP contribution in [0.2, 0.25) is 0 Å². The number of nitrogens with zero attached hydrogens (tertiary/aromatic N) is 5. The first-order valence-corrected chi connectivity index (χ1v) is 8.61. The Bertz CT molecular complexity index is 1070. The van der Waals surface area contributed by atoms with Crippen molar-refractivity contribution in [2.75, 3.05) is 18.0 Å². The van der Waals surface area contributed by atoms with Gasteiger partial charge in [-0.05, 0) is 12.5 Å². The van der Waals surface area contributed by atoms with Crippen LogP contribution in [0, 0.1) is 5.82 Å². The molecule has 1 atom stereocenters. The van der Waals surface area contributed by atoms with Crippen molar-refractivity contribution in [2.45, 2.75) is 12.5 Å². The largest absolute Gasteiger partial charge is 0.476 e. The number of pyridine rings is 1. The van der Waals surface area contributed by atoms with E-state index >= 15 is 0 Å². The highest BCUT2D eigenvalue weighted by Crippen LogP contribution is 2.25. The lowest BCUT2D eigenvalue weighted by Gasteiger charge is -2.18. The average molecular weight is 413 g/mol. The minimum atomic E-state index is -1.50. The Hall–Kier alpha value is -2.63. The van der Waals surface area contributed by atoms with Crippen molar-refractivity contribution in [2.24, 2.45) is 5.73 Å². The van der Waals surface area contributed by atoms with Gasteiger partial charge in [0, 0.05) is 30.7 Å². The Kier molecular flexibility index (Phi) is 5.09. The first-order valence-electron chi connectivity index (χ1n) is 7.73. The lowest BCUT2D eigenvalue weighted by atomic mass is 10.2. The summed E-state index contributed by atoms with van der Waals surface area (Å²) in [5.41, 5.74) is 4.31. The van der Waals surface area contributed by atoms with E-state index in [-0.39, 0.29) is 35.3 Å². The van der Waals surface area contributed by atoms with E-state index in [0.29, 0.717) is 24.6 Å². The first kappa shape index (κ1) is 19.1. The molecular formula is C15H14ClFN6O3S. The molecule has 3 aromatic heterocycles. The summed E-state index contributed by atoms with van der Waals surface area (Å²) in [5.74, 6) is -2.16. The fourth-order valence-corrected chi connectivity index (χ4v) is 3.51. The number of halogens is 2. The molecule has 1 aliphatic heterocycles. The fourth-order valence-electron chi connectivity index (χ4n) is 2.91. The van der Waals surface area contributed by atoms with Crippen LogP contribution < -0.4 is 16.1 Å². The minimum absolute atomic E-state index is 0. The SMILES string of the molecule is Cl.NC1CCN(c2nc3c(cc2F)c(=O)c(C(=O)O)nn3-c2nccs2)C1. The predicted molar refractivity (Wildman–Crippen MR) is 99.8 cm³/mol. The molecule has 27 heavy (non-hydrogen) atoms. The van der Waals surface area contributed by atoms with Gasteiger partial charge in [-0.15, -0.1) is 23.7 Å². The van der Waals surface area contributed by atoms with E-state index < -0.39 is 22.9 Å². The van der Waals surface area contributed by atoms with Gasteiger partial charge in [-0.1, -0.05) is 0 Å². The molecule has 0 aromatic carbocycles. The number of carboxylic acids is 1. The molecule has 12 heteroatoms. The van der Waals surface area contributed by atoms with Crippen molar-refractivity contribution in [1.29, 1.82) is 0 Å². The zero-order valence-corrected chi connectivity index (χ0v) is 15.3. The van der Waals surface area contributed by atoms with Crippen LogP contribution in [0.3, 0.4) is 0 Å². The Morgan fingerprint density at radius 2 is 2.22 bits per heavy atom. The molecule has 0 aliphatic carbocycles. The topological polar surface area (TPSA) is 127 Å². The molecule has 0 spiro atoms. The molecule has 1 saturated heterocycles. The molecule has 0 radical (unpaired) electrons. The zero-order chi connectivity index (χ0) is 18.4. The molecule has 1 fully saturated rings. The summed E-state index contributed by atoms with van der Waals surface area (Å²) >= 11 is 1.19. The summed E-state index contributed by atoms with van der Waals surface area (Å²) in [6, 6.07) is 0.919. The maximum atomic E-state index is 14.6. The van der Waals surface area contributed by atoms with E-state index in [1.54, 1.807) is 10.3 Å². The third-order valence-electron chi connectivity index (χ3n) is 4.12. The van der Waals surface area contributed by atoms with Crippen LogP contribution in [-0.4, -0.2) is 50.0 Å². The van der Waals surface area contributed by atoms with Crippen molar-refractivity contribution >= 4 is 46.6 Å². The minimum Gasteiger partial charge on any atom is -0.476 e. The summed E-state index contributed by atoms with van der Waals surface area (Å²) in [6.45, 7) is 0.982. The van der Waals surface area contributed by atoms with Crippen molar-refractivity contribution < 1.29 is 14.3 Å². The Morgan fingerprint density at radius 3 is 2.81 bits per heavy atom. The standard InChI is InChI=1S/C15H13FN6O3S.ClH/c16-9-5-8-11(23)10(14(24)25)20-22(15-18-2-4-26-15)12(8)19-13(9)21-3-1-7(17)6-21;/h2,4-5,7H,1,3,6,17H2,(H,24,25);1H. The Balaban J connectivity index is 0.00000210. The normalized spacial score (nSPS) is 16.5. The number of rotatable bonds is 3. The molecule has 0 amide bonds. The summed E-state index contributed by atoms with van der Waals surface area (Å²) in [4.78, 5) is 33.8. The van der Waals surface area contributed by atoms with Gasteiger partial charge in [0.25, 0.3) is 0 Å². The third kappa shape index (κ3) is 3.24. The van der Waals surface area contributed by atoms with Gasteiger partial charge in [0.1, 0.15) is 0 Å². The number of hydrogen-bond acceptors (Lipinski definition) is 8. The number of aromatic carboxylic acids is 1. The molecule has 1 unspecified atom stereocenters. The molecule has 0 saturated carbocycles. The van der Waals surface area contributed by atoms with Gasteiger partial charge in [0.05, 0.1) is 5.39 Å².